The molecule has 0 spiro atoms. The molecule has 1 aromatic carbocycles. The van der Waals surface area contributed by atoms with Crippen LogP contribution in [0.2, 0.25) is 0 Å². The van der Waals surface area contributed by atoms with Crippen molar-refractivity contribution in [2.45, 2.75) is 18.2 Å². The maximum absolute atomic E-state index is 11.8. The van der Waals surface area contributed by atoms with Gasteiger partial charge in [-0.15, -0.1) is 0 Å². The molecule has 3 nitrogen and oxygen atoms in total. The highest BCUT2D eigenvalue weighted by molar-refractivity contribution is 7.85. The minimum absolute atomic E-state index is 0.699. The number of anilines is 1. The van der Waals surface area contributed by atoms with E-state index in [1.54, 1.807) is 7.11 Å². The van der Waals surface area contributed by atoms with E-state index in [-0.39, 0.29) is 0 Å². The van der Waals surface area contributed by atoms with E-state index < -0.39 is 10.8 Å². The van der Waals surface area contributed by atoms with Crippen LogP contribution in [0.3, 0.4) is 0 Å². The Labute approximate surface area is 99.9 Å². The van der Waals surface area contributed by atoms with Gasteiger partial charge in [0.25, 0.3) is 0 Å². The Morgan fingerprint density at radius 3 is 2.56 bits per heavy atom. The second-order valence-corrected chi connectivity index (χ2v) is 5.35. The number of rotatable bonds is 5. The summed E-state index contributed by atoms with van der Waals surface area (Å²) in [6.45, 7) is 2.03. The smallest absolute Gasteiger partial charge is 0.143 e. The Hall–Kier alpha value is -1.03. The molecule has 0 amide bonds. The topological polar surface area (TPSA) is 29.5 Å². The standard InChI is InChI=1S/C12H19NO2S/c1-5-8-16(14)10-6-7-11(13(2)3)12(9-10)15-4/h6-7,9H,5,8H2,1-4H3. The second-order valence-electron chi connectivity index (χ2n) is 3.78. The van der Waals surface area contributed by atoms with Gasteiger partial charge in [-0.05, 0) is 24.6 Å². The lowest BCUT2D eigenvalue weighted by molar-refractivity contribution is 0.414. The van der Waals surface area contributed by atoms with Crippen LogP contribution in [0, 0.1) is 0 Å². The van der Waals surface area contributed by atoms with Gasteiger partial charge in [0.1, 0.15) is 5.75 Å². The highest BCUT2D eigenvalue weighted by Crippen LogP contribution is 2.29. The van der Waals surface area contributed by atoms with E-state index in [2.05, 4.69) is 0 Å². The first-order valence-corrected chi connectivity index (χ1v) is 6.65. The van der Waals surface area contributed by atoms with E-state index in [4.69, 9.17) is 4.74 Å². The summed E-state index contributed by atoms with van der Waals surface area (Å²) in [4.78, 5) is 2.81. The van der Waals surface area contributed by atoms with Gasteiger partial charge in [0.05, 0.1) is 23.6 Å². The molecule has 0 aliphatic carbocycles. The van der Waals surface area contributed by atoms with E-state index in [1.165, 1.54) is 0 Å². The molecular formula is C12H19NO2S. The van der Waals surface area contributed by atoms with Gasteiger partial charge in [0.15, 0.2) is 0 Å². The first-order valence-electron chi connectivity index (χ1n) is 5.34. The van der Waals surface area contributed by atoms with E-state index in [0.717, 1.165) is 22.8 Å². The van der Waals surface area contributed by atoms with Gasteiger partial charge < -0.3 is 9.64 Å². The van der Waals surface area contributed by atoms with Crippen molar-refractivity contribution in [3.05, 3.63) is 18.2 Å². The Bertz CT molecular complexity index is 377. The number of hydrogen-bond acceptors (Lipinski definition) is 3. The maximum atomic E-state index is 11.8. The lowest BCUT2D eigenvalue weighted by Crippen LogP contribution is -2.10. The predicted octanol–water partition coefficient (Wildman–Crippen LogP) is 2.28. The SMILES string of the molecule is CCCS(=O)c1ccc(N(C)C)c(OC)c1. The van der Waals surface area contributed by atoms with Crippen LogP contribution in [-0.2, 0) is 10.8 Å². The molecule has 1 unspecified atom stereocenters. The van der Waals surface area contributed by atoms with Crippen LogP contribution in [-0.4, -0.2) is 31.2 Å². The molecule has 0 radical (unpaired) electrons. The summed E-state index contributed by atoms with van der Waals surface area (Å²) in [5, 5.41) is 0. The lowest BCUT2D eigenvalue weighted by Gasteiger charge is -2.17. The van der Waals surface area contributed by atoms with E-state index in [0.29, 0.717) is 5.75 Å². The van der Waals surface area contributed by atoms with Gasteiger partial charge in [-0.25, -0.2) is 0 Å². The van der Waals surface area contributed by atoms with E-state index in [1.807, 2.05) is 44.1 Å². The third-order valence-electron chi connectivity index (χ3n) is 2.29. The van der Waals surface area contributed by atoms with Crippen LogP contribution in [0.1, 0.15) is 13.3 Å². The molecule has 0 aromatic heterocycles. The summed E-state index contributed by atoms with van der Waals surface area (Å²) < 4.78 is 17.1. The highest BCUT2D eigenvalue weighted by atomic mass is 32.2. The van der Waals surface area contributed by atoms with Crippen molar-refractivity contribution >= 4 is 16.5 Å². The van der Waals surface area contributed by atoms with Crippen molar-refractivity contribution < 1.29 is 8.95 Å². The van der Waals surface area contributed by atoms with Crippen LogP contribution in [0.25, 0.3) is 0 Å². The monoisotopic (exact) mass is 241 g/mol. The van der Waals surface area contributed by atoms with Crippen molar-refractivity contribution in [3.63, 3.8) is 0 Å². The number of ether oxygens (including phenoxy) is 1. The second kappa shape index (κ2) is 5.89. The summed E-state index contributed by atoms with van der Waals surface area (Å²) >= 11 is 0. The fourth-order valence-electron chi connectivity index (χ4n) is 1.47. The van der Waals surface area contributed by atoms with Gasteiger partial charge in [-0.2, -0.15) is 0 Å². The first-order chi connectivity index (χ1) is 7.60. The molecule has 0 aliphatic heterocycles. The molecule has 0 N–H and O–H groups in total. The maximum Gasteiger partial charge on any atom is 0.143 e. The van der Waals surface area contributed by atoms with Gasteiger partial charge in [-0.1, -0.05) is 6.92 Å². The molecular weight excluding hydrogens is 222 g/mol. The quantitative estimate of drug-likeness (QED) is 0.792. The molecule has 1 aromatic rings. The Kier molecular flexibility index (Phi) is 4.80. The normalized spacial score (nSPS) is 12.2. The first kappa shape index (κ1) is 13.0. The molecule has 90 valence electrons. The van der Waals surface area contributed by atoms with Gasteiger partial charge >= 0.3 is 0 Å². The number of hydrogen-bond donors (Lipinski definition) is 0. The number of benzene rings is 1. The Balaban J connectivity index is 3.04. The van der Waals surface area contributed by atoms with Crippen molar-refractivity contribution in [1.82, 2.24) is 0 Å². The lowest BCUT2D eigenvalue weighted by atomic mass is 10.3. The molecule has 0 saturated heterocycles. The van der Waals surface area contributed by atoms with E-state index >= 15 is 0 Å². The Morgan fingerprint density at radius 2 is 2.06 bits per heavy atom. The van der Waals surface area contributed by atoms with Crippen LogP contribution < -0.4 is 9.64 Å². The zero-order valence-electron chi connectivity index (χ0n) is 10.3. The van der Waals surface area contributed by atoms with Crippen molar-refractivity contribution in [2.24, 2.45) is 0 Å². The molecule has 0 bridgehead atoms. The van der Waals surface area contributed by atoms with E-state index in [9.17, 15) is 4.21 Å². The largest absolute Gasteiger partial charge is 0.495 e. The summed E-state index contributed by atoms with van der Waals surface area (Å²) in [6.07, 6.45) is 0.921. The molecule has 1 atom stereocenters. The van der Waals surface area contributed by atoms with Crippen molar-refractivity contribution in [1.29, 1.82) is 0 Å². The van der Waals surface area contributed by atoms with Crippen LogP contribution in [0.4, 0.5) is 5.69 Å². The van der Waals surface area contributed by atoms with Gasteiger partial charge in [0.2, 0.25) is 0 Å². The summed E-state index contributed by atoms with van der Waals surface area (Å²) in [7, 11) is 4.64. The third-order valence-corrected chi connectivity index (χ3v) is 3.84. The van der Waals surface area contributed by atoms with Crippen LogP contribution >= 0.6 is 0 Å². The highest BCUT2D eigenvalue weighted by Gasteiger charge is 2.09. The number of methoxy groups -OCH3 is 1. The summed E-state index contributed by atoms with van der Waals surface area (Å²) in [5.41, 5.74) is 1.000. The molecule has 16 heavy (non-hydrogen) atoms. The predicted molar refractivity (Wildman–Crippen MR) is 68.9 cm³/mol. The van der Waals surface area contributed by atoms with Crippen molar-refractivity contribution in [3.8, 4) is 5.75 Å². The number of nitrogens with zero attached hydrogens (tertiary/aromatic N) is 1. The zero-order chi connectivity index (χ0) is 12.1. The fraction of sp³-hybridized carbons (Fsp3) is 0.500. The Morgan fingerprint density at radius 1 is 1.38 bits per heavy atom. The minimum Gasteiger partial charge on any atom is -0.495 e. The van der Waals surface area contributed by atoms with Gasteiger partial charge in [-0.3, -0.25) is 4.21 Å². The minimum atomic E-state index is -0.915. The molecule has 4 heteroatoms. The molecule has 0 fully saturated rings. The zero-order valence-corrected chi connectivity index (χ0v) is 11.1. The van der Waals surface area contributed by atoms with Crippen LogP contribution in [0.15, 0.2) is 23.1 Å². The average Bonchev–Trinajstić information content (AvgIpc) is 2.28. The summed E-state index contributed by atoms with van der Waals surface area (Å²) in [5.74, 6) is 1.47. The molecule has 0 aliphatic rings. The van der Waals surface area contributed by atoms with Crippen molar-refractivity contribution in [2.75, 3.05) is 31.9 Å². The van der Waals surface area contributed by atoms with Gasteiger partial charge in [0, 0.05) is 24.7 Å². The molecule has 1 rings (SSSR count). The third kappa shape index (κ3) is 2.98. The summed E-state index contributed by atoms with van der Waals surface area (Å²) in [6, 6.07) is 5.71. The van der Waals surface area contributed by atoms with Crippen LogP contribution in [0.5, 0.6) is 5.75 Å². The fourth-order valence-corrected chi connectivity index (χ4v) is 2.54. The molecule has 0 saturated carbocycles. The molecule has 0 heterocycles. The average molecular weight is 241 g/mol.